The van der Waals surface area contributed by atoms with Crippen molar-refractivity contribution in [3.8, 4) is 12.3 Å². The van der Waals surface area contributed by atoms with Crippen molar-refractivity contribution in [1.82, 2.24) is 10.2 Å². The molecule has 0 aromatic rings. The predicted molar refractivity (Wildman–Crippen MR) is 52.2 cm³/mol. The van der Waals surface area contributed by atoms with Gasteiger partial charge in [0.25, 0.3) is 0 Å². The highest BCUT2D eigenvalue weighted by Gasteiger charge is 2.31. The minimum Gasteiger partial charge on any atom is -0.305 e. The van der Waals surface area contributed by atoms with Crippen molar-refractivity contribution in [3.63, 3.8) is 0 Å². The molecular weight excluding hydrogens is 167 g/mol. The van der Waals surface area contributed by atoms with Crippen LogP contribution in [0.1, 0.15) is 13.8 Å². The van der Waals surface area contributed by atoms with Gasteiger partial charge in [0.2, 0.25) is 0 Å². The van der Waals surface area contributed by atoms with Crippen LogP contribution in [-0.4, -0.2) is 42.8 Å². The smallest absolute Gasteiger partial charge is 0.107 e. The topological polar surface area (TPSA) is 15.3 Å². The van der Waals surface area contributed by atoms with E-state index in [1.165, 1.54) is 0 Å². The third-order valence-corrected chi connectivity index (χ3v) is 2.52. The van der Waals surface area contributed by atoms with Gasteiger partial charge in [0.15, 0.2) is 0 Å². The fourth-order valence-electron chi connectivity index (χ4n) is 1.91. The van der Waals surface area contributed by atoms with Crippen molar-refractivity contribution >= 4 is 0 Å². The molecule has 1 N–H and O–H groups in total. The minimum atomic E-state index is -0.393. The molecule has 0 spiro atoms. The van der Waals surface area contributed by atoms with E-state index >= 15 is 0 Å². The van der Waals surface area contributed by atoms with Crippen LogP contribution in [0, 0.1) is 12.3 Å². The summed E-state index contributed by atoms with van der Waals surface area (Å²) in [6, 6.07) is 0.0326. The van der Waals surface area contributed by atoms with Crippen LogP contribution in [-0.2, 0) is 0 Å². The largest absolute Gasteiger partial charge is 0.305 e. The van der Waals surface area contributed by atoms with Crippen LogP contribution in [0.25, 0.3) is 0 Å². The fourth-order valence-corrected chi connectivity index (χ4v) is 1.91. The molecule has 1 rings (SSSR count). The van der Waals surface area contributed by atoms with Gasteiger partial charge in [0, 0.05) is 12.6 Å². The van der Waals surface area contributed by atoms with Gasteiger partial charge < -0.3 is 5.32 Å². The number of nitrogens with zero attached hydrogens (tertiary/aromatic N) is 1. The second-order valence-electron chi connectivity index (χ2n) is 3.53. The summed E-state index contributed by atoms with van der Waals surface area (Å²) in [6.07, 6.45) is 5.38. The molecule has 0 aliphatic carbocycles. The quantitative estimate of drug-likeness (QED) is 0.634. The molecule has 1 aliphatic heterocycles. The Morgan fingerprint density at radius 2 is 2.38 bits per heavy atom. The van der Waals surface area contributed by atoms with Crippen molar-refractivity contribution in [2.75, 3.05) is 19.8 Å². The number of alkyl halides is 1. The van der Waals surface area contributed by atoms with E-state index in [1.54, 1.807) is 0 Å². The molecule has 74 valence electrons. The lowest BCUT2D eigenvalue weighted by atomic mass is 10.0. The van der Waals surface area contributed by atoms with E-state index in [9.17, 15) is 4.39 Å². The summed E-state index contributed by atoms with van der Waals surface area (Å²) in [4.78, 5) is 2.14. The molecule has 1 saturated heterocycles. The molecule has 2 nitrogen and oxygen atoms in total. The Balaban J connectivity index is 2.69. The number of terminal acetylenes is 1. The summed E-state index contributed by atoms with van der Waals surface area (Å²) in [6.45, 7) is 5.50. The lowest BCUT2D eigenvalue weighted by Crippen LogP contribution is -2.61. The van der Waals surface area contributed by atoms with Crippen molar-refractivity contribution in [2.45, 2.75) is 32.0 Å². The SMILES string of the molecule is C#C[C@H]1[C@@H](CF)N[C@H](C)CN1CC. The van der Waals surface area contributed by atoms with Crippen LogP contribution >= 0.6 is 0 Å². The molecule has 3 atom stereocenters. The monoisotopic (exact) mass is 184 g/mol. The van der Waals surface area contributed by atoms with E-state index in [1.807, 2.05) is 0 Å². The third kappa shape index (κ3) is 2.20. The summed E-state index contributed by atoms with van der Waals surface area (Å²) in [5.74, 6) is 2.65. The molecule has 0 aromatic carbocycles. The van der Waals surface area contributed by atoms with Gasteiger partial charge in [-0.2, -0.15) is 0 Å². The molecule has 3 heteroatoms. The molecule has 0 unspecified atom stereocenters. The summed E-state index contributed by atoms with van der Waals surface area (Å²) in [5, 5.41) is 3.17. The minimum absolute atomic E-state index is 0.0915. The van der Waals surface area contributed by atoms with E-state index in [2.05, 4.69) is 30.0 Å². The first-order valence-corrected chi connectivity index (χ1v) is 4.75. The van der Waals surface area contributed by atoms with Gasteiger partial charge in [0.05, 0.1) is 12.1 Å². The van der Waals surface area contributed by atoms with Crippen LogP contribution in [0.4, 0.5) is 4.39 Å². The Kier molecular flexibility index (Phi) is 3.71. The van der Waals surface area contributed by atoms with Crippen LogP contribution in [0.2, 0.25) is 0 Å². The van der Waals surface area contributed by atoms with Crippen LogP contribution in [0.3, 0.4) is 0 Å². The number of hydrogen-bond donors (Lipinski definition) is 1. The van der Waals surface area contributed by atoms with Gasteiger partial charge in [-0.15, -0.1) is 6.42 Å². The molecule has 1 heterocycles. The third-order valence-electron chi connectivity index (χ3n) is 2.52. The maximum atomic E-state index is 12.6. The van der Waals surface area contributed by atoms with Crippen LogP contribution in [0.15, 0.2) is 0 Å². The Hall–Kier alpha value is -0.590. The summed E-state index contributed by atoms with van der Waals surface area (Å²) < 4.78 is 12.6. The summed E-state index contributed by atoms with van der Waals surface area (Å²) >= 11 is 0. The van der Waals surface area contributed by atoms with Gasteiger partial charge in [-0.25, -0.2) is 4.39 Å². The van der Waals surface area contributed by atoms with Gasteiger partial charge in [-0.1, -0.05) is 12.8 Å². The van der Waals surface area contributed by atoms with Gasteiger partial charge >= 0.3 is 0 Å². The van der Waals surface area contributed by atoms with Crippen LogP contribution in [0.5, 0.6) is 0 Å². The summed E-state index contributed by atoms with van der Waals surface area (Å²) in [7, 11) is 0. The second kappa shape index (κ2) is 4.59. The lowest BCUT2D eigenvalue weighted by Gasteiger charge is -2.40. The molecule has 1 aliphatic rings. The lowest BCUT2D eigenvalue weighted by molar-refractivity contribution is 0.119. The zero-order valence-corrected chi connectivity index (χ0v) is 8.26. The predicted octanol–water partition coefficient (Wildman–Crippen LogP) is 0.640. The van der Waals surface area contributed by atoms with Crippen molar-refractivity contribution < 1.29 is 4.39 Å². The zero-order valence-electron chi connectivity index (χ0n) is 8.26. The number of rotatable bonds is 2. The maximum Gasteiger partial charge on any atom is 0.107 e. The molecule has 0 radical (unpaired) electrons. The van der Waals surface area contributed by atoms with Crippen molar-refractivity contribution in [3.05, 3.63) is 0 Å². The molecular formula is C10H17FN2. The second-order valence-corrected chi connectivity index (χ2v) is 3.53. The van der Waals surface area contributed by atoms with E-state index in [-0.39, 0.29) is 12.1 Å². The molecule has 13 heavy (non-hydrogen) atoms. The Morgan fingerprint density at radius 1 is 1.69 bits per heavy atom. The number of halogens is 1. The van der Waals surface area contributed by atoms with Crippen molar-refractivity contribution in [1.29, 1.82) is 0 Å². The average Bonchev–Trinajstić information content (AvgIpc) is 2.16. The fraction of sp³-hybridized carbons (Fsp3) is 0.800. The number of piperazine rings is 1. The Labute approximate surface area is 79.5 Å². The standard InChI is InChI=1S/C10H17FN2/c1-4-10-9(6-11)12-8(3)7-13(10)5-2/h1,8-10,12H,5-7H2,2-3H3/t8-,9-,10+/m1/s1. The van der Waals surface area contributed by atoms with E-state index in [0.29, 0.717) is 6.04 Å². The Morgan fingerprint density at radius 3 is 2.85 bits per heavy atom. The maximum absolute atomic E-state index is 12.6. The first-order valence-electron chi connectivity index (χ1n) is 4.75. The van der Waals surface area contributed by atoms with E-state index < -0.39 is 6.67 Å². The first-order chi connectivity index (χ1) is 6.22. The molecule has 0 amide bonds. The molecule has 0 aromatic heterocycles. The zero-order chi connectivity index (χ0) is 9.84. The molecule has 1 fully saturated rings. The van der Waals surface area contributed by atoms with E-state index in [0.717, 1.165) is 13.1 Å². The highest BCUT2D eigenvalue weighted by Crippen LogP contribution is 2.12. The van der Waals surface area contributed by atoms with Gasteiger partial charge in [-0.3, -0.25) is 4.90 Å². The van der Waals surface area contributed by atoms with Gasteiger partial charge in [-0.05, 0) is 13.5 Å². The normalized spacial score (nSPS) is 35.7. The number of likely N-dealkylation sites (N-methyl/N-ethyl adjacent to an activating group) is 1. The average molecular weight is 184 g/mol. The molecule has 0 saturated carbocycles. The molecule has 0 bridgehead atoms. The van der Waals surface area contributed by atoms with E-state index in [4.69, 9.17) is 6.42 Å². The number of hydrogen-bond acceptors (Lipinski definition) is 2. The van der Waals surface area contributed by atoms with Gasteiger partial charge in [0.1, 0.15) is 6.67 Å². The van der Waals surface area contributed by atoms with Crippen molar-refractivity contribution in [2.24, 2.45) is 0 Å². The first kappa shape index (κ1) is 10.5. The van der Waals surface area contributed by atoms with Crippen LogP contribution < -0.4 is 5.32 Å². The Bertz CT molecular complexity index is 186. The summed E-state index contributed by atoms with van der Waals surface area (Å²) in [5.41, 5.74) is 0. The highest BCUT2D eigenvalue weighted by atomic mass is 19.1. The number of nitrogens with one attached hydrogen (secondary N) is 1. The highest BCUT2D eigenvalue weighted by molar-refractivity contribution is 5.09.